The highest BCUT2D eigenvalue weighted by Crippen LogP contribution is 2.15. The lowest BCUT2D eigenvalue weighted by molar-refractivity contribution is 0.275. The molecular formula is C13H21NO. The Kier molecular flexibility index (Phi) is 8.49. The molecule has 0 amide bonds. The highest BCUT2D eigenvalue weighted by Gasteiger charge is 2.02. The van der Waals surface area contributed by atoms with E-state index in [1.54, 1.807) is 12.2 Å². The molecule has 0 saturated heterocycles. The summed E-state index contributed by atoms with van der Waals surface area (Å²) in [5, 5.41) is 11.8. The van der Waals surface area contributed by atoms with Crippen molar-refractivity contribution in [2.24, 2.45) is 0 Å². The number of aliphatic hydroxyl groups excluding tert-OH is 1. The Balaban J connectivity index is 4.67. The van der Waals surface area contributed by atoms with Crippen LogP contribution in [0.15, 0.2) is 48.7 Å². The van der Waals surface area contributed by atoms with Gasteiger partial charge >= 0.3 is 0 Å². The third kappa shape index (κ3) is 5.92. The van der Waals surface area contributed by atoms with Gasteiger partial charge in [0.2, 0.25) is 0 Å². The Labute approximate surface area is 92.7 Å². The summed E-state index contributed by atoms with van der Waals surface area (Å²) in [6, 6.07) is 0. The zero-order valence-corrected chi connectivity index (χ0v) is 9.50. The molecule has 84 valence electrons. The van der Waals surface area contributed by atoms with Crippen LogP contribution in [0.25, 0.3) is 0 Å². The van der Waals surface area contributed by atoms with Crippen LogP contribution in [0, 0.1) is 0 Å². The van der Waals surface area contributed by atoms with Crippen LogP contribution in [0.3, 0.4) is 0 Å². The van der Waals surface area contributed by atoms with Gasteiger partial charge in [0.25, 0.3) is 0 Å². The van der Waals surface area contributed by atoms with Gasteiger partial charge in [-0.25, -0.2) is 0 Å². The second kappa shape index (κ2) is 9.28. The smallest absolute Gasteiger partial charge is 0.113 e. The summed E-state index contributed by atoms with van der Waals surface area (Å²) in [4.78, 5) is 0. The molecule has 0 spiro atoms. The van der Waals surface area contributed by atoms with Gasteiger partial charge in [-0.1, -0.05) is 44.7 Å². The van der Waals surface area contributed by atoms with Gasteiger partial charge in [0, 0.05) is 5.70 Å². The minimum absolute atomic E-state index is 0.0692. The maximum absolute atomic E-state index is 8.87. The van der Waals surface area contributed by atoms with Crippen LogP contribution in [-0.2, 0) is 0 Å². The standard InChI is InChI=1S/C13H21NO/c1-4-7-10-12(8-5-2)13(9-6-3)14-11-15/h5-6,8-9,14-15H,2-4,7,10-11H2,1H3/b12-8-,13-9+. The number of aliphatic hydroxyl groups is 1. The predicted octanol–water partition coefficient (Wildman–Crippen LogP) is 2.90. The first-order valence-corrected chi connectivity index (χ1v) is 5.29. The zero-order chi connectivity index (χ0) is 11.5. The maximum Gasteiger partial charge on any atom is 0.113 e. The molecule has 0 rings (SSSR count). The van der Waals surface area contributed by atoms with Gasteiger partial charge in [0.15, 0.2) is 0 Å². The molecule has 0 fully saturated rings. The van der Waals surface area contributed by atoms with Crippen LogP contribution < -0.4 is 5.32 Å². The number of unbranched alkanes of at least 4 members (excludes halogenated alkanes) is 1. The molecule has 0 aliphatic carbocycles. The summed E-state index contributed by atoms with van der Waals surface area (Å²) in [6.07, 6.45) is 10.6. The van der Waals surface area contributed by atoms with Crippen molar-refractivity contribution >= 4 is 0 Å². The van der Waals surface area contributed by atoms with Crippen molar-refractivity contribution in [3.8, 4) is 0 Å². The summed E-state index contributed by atoms with van der Waals surface area (Å²) >= 11 is 0. The number of allylic oxidation sites excluding steroid dienone is 5. The quantitative estimate of drug-likeness (QED) is 0.474. The van der Waals surface area contributed by atoms with Crippen molar-refractivity contribution in [2.45, 2.75) is 26.2 Å². The molecule has 0 unspecified atom stereocenters. The first kappa shape index (κ1) is 13.7. The Morgan fingerprint density at radius 2 is 1.93 bits per heavy atom. The molecular weight excluding hydrogens is 186 g/mol. The molecule has 0 bridgehead atoms. The van der Waals surface area contributed by atoms with E-state index in [9.17, 15) is 0 Å². The van der Waals surface area contributed by atoms with E-state index >= 15 is 0 Å². The molecule has 0 aromatic carbocycles. The average Bonchev–Trinajstić information content (AvgIpc) is 2.24. The van der Waals surface area contributed by atoms with Crippen molar-refractivity contribution in [1.82, 2.24) is 5.32 Å². The normalized spacial score (nSPS) is 12.4. The molecule has 0 aromatic rings. The molecule has 0 aliphatic heterocycles. The number of nitrogens with one attached hydrogen (secondary N) is 1. The fraction of sp³-hybridized carbons (Fsp3) is 0.385. The van der Waals surface area contributed by atoms with Gasteiger partial charge in [-0.15, -0.1) is 0 Å². The molecule has 0 aliphatic rings. The third-order valence-electron chi connectivity index (χ3n) is 2.02. The highest BCUT2D eigenvalue weighted by molar-refractivity contribution is 5.34. The highest BCUT2D eigenvalue weighted by atomic mass is 16.3. The lowest BCUT2D eigenvalue weighted by Crippen LogP contribution is -2.15. The number of rotatable bonds is 8. The average molecular weight is 207 g/mol. The van der Waals surface area contributed by atoms with Gasteiger partial charge in [0.05, 0.1) is 0 Å². The molecule has 2 heteroatoms. The van der Waals surface area contributed by atoms with E-state index in [-0.39, 0.29) is 6.73 Å². The minimum atomic E-state index is -0.0692. The van der Waals surface area contributed by atoms with E-state index in [4.69, 9.17) is 5.11 Å². The Morgan fingerprint density at radius 3 is 2.40 bits per heavy atom. The van der Waals surface area contributed by atoms with Crippen LogP contribution in [0.4, 0.5) is 0 Å². The van der Waals surface area contributed by atoms with Crippen LogP contribution in [0.5, 0.6) is 0 Å². The second-order valence-corrected chi connectivity index (χ2v) is 3.18. The lowest BCUT2D eigenvalue weighted by atomic mass is 10.0. The van der Waals surface area contributed by atoms with E-state index in [0.717, 1.165) is 30.5 Å². The predicted molar refractivity (Wildman–Crippen MR) is 66.3 cm³/mol. The fourth-order valence-electron chi connectivity index (χ4n) is 1.30. The zero-order valence-electron chi connectivity index (χ0n) is 9.50. The lowest BCUT2D eigenvalue weighted by Gasteiger charge is -2.12. The van der Waals surface area contributed by atoms with Gasteiger partial charge in [0.1, 0.15) is 6.73 Å². The van der Waals surface area contributed by atoms with Crippen molar-refractivity contribution in [2.75, 3.05) is 6.73 Å². The summed E-state index contributed by atoms with van der Waals surface area (Å²) in [7, 11) is 0. The van der Waals surface area contributed by atoms with Gasteiger partial charge in [-0.05, 0) is 24.5 Å². The molecule has 0 saturated carbocycles. The molecule has 2 N–H and O–H groups in total. The monoisotopic (exact) mass is 207 g/mol. The summed E-state index contributed by atoms with van der Waals surface area (Å²) in [5.41, 5.74) is 2.07. The van der Waals surface area contributed by atoms with E-state index in [0.29, 0.717) is 0 Å². The summed E-state index contributed by atoms with van der Waals surface area (Å²) in [5.74, 6) is 0. The molecule has 0 radical (unpaired) electrons. The Hall–Kier alpha value is -1.28. The Morgan fingerprint density at radius 1 is 1.27 bits per heavy atom. The van der Waals surface area contributed by atoms with E-state index in [2.05, 4.69) is 25.4 Å². The van der Waals surface area contributed by atoms with Crippen LogP contribution in [0.1, 0.15) is 26.2 Å². The van der Waals surface area contributed by atoms with Crippen LogP contribution >= 0.6 is 0 Å². The van der Waals surface area contributed by atoms with Crippen molar-refractivity contribution in [3.05, 3.63) is 48.7 Å². The topological polar surface area (TPSA) is 32.3 Å². The van der Waals surface area contributed by atoms with Crippen LogP contribution in [0.2, 0.25) is 0 Å². The van der Waals surface area contributed by atoms with Crippen molar-refractivity contribution < 1.29 is 5.11 Å². The SMILES string of the molecule is C=C/C=C(CCCC)\C(=C/C=C)NCO. The molecule has 15 heavy (non-hydrogen) atoms. The molecule has 0 aromatic heterocycles. The minimum Gasteiger partial charge on any atom is -0.377 e. The third-order valence-corrected chi connectivity index (χ3v) is 2.02. The van der Waals surface area contributed by atoms with E-state index in [1.165, 1.54) is 0 Å². The van der Waals surface area contributed by atoms with E-state index < -0.39 is 0 Å². The van der Waals surface area contributed by atoms with Gasteiger partial charge in [-0.2, -0.15) is 0 Å². The fourth-order valence-corrected chi connectivity index (χ4v) is 1.30. The summed E-state index contributed by atoms with van der Waals surface area (Å²) in [6.45, 7) is 9.43. The number of hydrogen-bond donors (Lipinski definition) is 2. The van der Waals surface area contributed by atoms with Crippen LogP contribution in [-0.4, -0.2) is 11.8 Å². The van der Waals surface area contributed by atoms with Crippen molar-refractivity contribution in [3.63, 3.8) is 0 Å². The summed E-state index contributed by atoms with van der Waals surface area (Å²) < 4.78 is 0. The van der Waals surface area contributed by atoms with Crippen molar-refractivity contribution in [1.29, 1.82) is 0 Å². The Bertz CT molecular complexity index is 251. The second-order valence-electron chi connectivity index (χ2n) is 3.18. The largest absolute Gasteiger partial charge is 0.377 e. The molecule has 0 atom stereocenters. The number of hydrogen-bond acceptors (Lipinski definition) is 2. The van der Waals surface area contributed by atoms with Gasteiger partial charge in [-0.3, -0.25) is 0 Å². The van der Waals surface area contributed by atoms with E-state index in [1.807, 2.05) is 12.2 Å². The first-order valence-electron chi connectivity index (χ1n) is 5.29. The maximum atomic E-state index is 8.87. The molecule has 0 heterocycles. The molecule has 2 nitrogen and oxygen atoms in total. The first-order chi connectivity index (χ1) is 7.29. The van der Waals surface area contributed by atoms with Gasteiger partial charge < -0.3 is 10.4 Å².